The first kappa shape index (κ1) is 17.3. The van der Waals surface area contributed by atoms with Crippen molar-refractivity contribution in [3.05, 3.63) is 42.6 Å². The maximum Gasteiger partial charge on any atom is 0.240 e. The van der Waals surface area contributed by atoms with Crippen molar-refractivity contribution in [2.24, 2.45) is 11.8 Å². The Labute approximate surface area is 163 Å². The molecular formula is C19H24N8O. The second-order valence-electron chi connectivity index (χ2n) is 8.01. The second-order valence-corrected chi connectivity index (χ2v) is 8.01. The first-order valence-electron chi connectivity index (χ1n) is 9.77. The highest BCUT2D eigenvalue weighted by Gasteiger charge is 2.40. The normalized spacial score (nSPS) is 22.3. The molecule has 3 aromatic rings. The van der Waals surface area contributed by atoms with E-state index in [1.165, 1.54) is 0 Å². The van der Waals surface area contributed by atoms with Crippen LogP contribution in [0.3, 0.4) is 0 Å². The Hall–Kier alpha value is -2.81. The second kappa shape index (κ2) is 6.97. The Bertz CT molecular complexity index is 923. The van der Waals surface area contributed by atoms with Crippen molar-refractivity contribution in [1.29, 1.82) is 0 Å². The quantitative estimate of drug-likeness (QED) is 0.661. The van der Waals surface area contributed by atoms with Gasteiger partial charge in [0, 0.05) is 50.6 Å². The van der Waals surface area contributed by atoms with E-state index in [0.29, 0.717) is 17.8 Å². The Morgan fingerprint density at radius 3 is 2.57 bits per heavy atom. The molecule has 0 aromatic carbocycles. The lowest BCUT2D eigenvalue weighted by atomic mass is 10.0. The summed E-state index contributed by atoms with van der Waals surface area (Å²) in [6, 6.07) is 3.90. The van der Waals surface area contributed by atoms with Crippen molar-refractivity contribution >= 4 is 5.82 Å². The third-order valence-electron chi connectivity index (χ3n) is 5.62. The number of hydrogen-bond donors (Lipinski definition) is 0. The molecule has 0 N–H and O–H groups in total. The molecule has 2 fully saturated rings. The molecule has 0 bridgehead atoms. The molecule has 0 radical (unpaired) electrons. The van der Waals surface area contributed by atoms with Crippen LogP contribution >= 0.6 is 0 Å². The molecule has 0 spiro atoms. The van der Waals surface area contributed by atoms with E-state index in [0.717, 1.165) is 56.1 Å². The molecule has 2 atom stereocenters. The molecule has 2 unspecified atom stereocenters. The lowest BCUT2D eigenvalue weighted by Crippen LogP contribution is -2.29. The van der Waals surface area contributed by atoms with Gasteiger partial charge in [-0.3, -0.25) is 4.90 Å². The highest BCUT2D eigenvalue weighted by Crippen LogP contribution is 2.34. The first-order valence-corrected chi connectivity index (χ1v) is 9.77. The number of aromatic nitrogens is 6. The third kappa shape index (κ3) is 3.26. The highest BCUT2D eigenvalue weighted by atomic mass is 16.5. The van der Waals surface area contributed by atoms with Gasteiger partial charge in [-0.2, -0.15) is 10.1 Å². The highest BCUT2D eigenvalue weighted by molar-refractivity contribution is 5.44. The van der Waals surface area contributed by atoms with E-state index in [1.54, 1.807) is 17.2 Å². The Morgan fingerprint density at radius 2 is 1.89 bits per heavy atom. The number of likely N-dealkylation sites (tertiary alicyclic amines) is 1. The smallest absolute Gasteiger partial charge is 0.240 e. The van der Waals surface area contributed by atoms with Gasteiger partial charge in [0.2, 0.25) is 5.89 Å². The summed E-state index contributed by atoms with van der Waals surface area (Å²) in [7, 11) is 0. The topological polar surface area (TPSA) is 89.0 Å². The Kier molecular flexibility index (Phi) is 4.31. The van der Waals surface area contributed by atoms with E-state index in [1.807, 2.05) is 18.3 Å². The number of rotatable bonds is 5. The Balaban J connectivity index is 1.22. The molecule has 0 aliphatic carbocycles. The van der Waals surface area contributed by atoms with E-state index < -0.39 is 0 Å². The number of anilines is 1. The average molecular weight is 380 g/mol. The predicted molar refractivity (Wildman–Crippen MR) is 102 cm³/mol. The summed E-state index contributed by atoms with van der Waals surface area (Å²) >= 11 is 0. The van der Waals surface area contributed by atoms with Crippen LogP contribution in [0.4, 0.5) is 5.82 Å². The maximum absolute atomic E-state index is 5.41. The van der Waals surface area contributed by atoms with Gasteiger partial charge in [-0.15, -0.1) is 0 Å². The van der Waals surface area contributed by atoms with Crippen molar-refractivity contribution in [2.75, 3.05) is 31.1 Å². The fourth-order valence-electron chi connectivity index (χ4n) is 4.20. The summed E-state index contributed by atoms with van der Waals surface area (Å²) in [5.74, 6) is 4.85. The largest absolute Gasteiger partial charge is 0.356 e. The van der Waals surface area contributed by atoms with Crippen LogP contribution < -0.4 is 4.90 Å². The number of nitrogens with zero attached hydrogens (tertiary/aromatic N) is 8. The van der Waals surface area contributed by atoms with Gasteiger partial charge in [-0.25, -0.2) is 14.6 Å². The molecule has 3 aromatic heterocycles. The van der Waals surface area contributed by atoms with Crippen molar-refractivity contribution in [3.8, 4) is 5.82 Å². The van der Waals surface area contributed by atoms with Crippen LogP contribution in [0.5, 0.6) is 0 Å². The fraction of sp³-hybridized carbons (Fsp3) is 0.526. The molecule has 2 saturated heterocycles. The first-order chi connectivity index (χ1) is 13.7. The monoisotopic (exact) mass is 380 g/mol. The molecule has 9 nitrogen and oxygen atoms in total. The van der Waals surface area contributed by atoms with Gasteiger partial charge in [0.1, 0.15) is 12.1 Å². The van der Waals surface area contributed by atoms with E-state index in [2.05, 4.69) is 48.9 Å². The predicted octanol–water partition coefficient (Wildman–Crippen LogP) is 1.74. The lowest BCUT2D eigenvalue weighted by Gasteiger charge is -2.21. The van der Waals surface area contributed by atoms with Crippen LogP contribution in [0.1, 0.15) is 31.5 Å². The molecule has 2 aliphatic heterocycles. The molecule has 9 heteroatoms. The summed E-state index contributed by atoms with van der Waals surface area (Å²) in [5, 5.41) is 8.32. The molecule has 0 amide bonds. The van der Waals surface area contributed by atoms with E-state index in [9.17, 15) is 0 Å². The molecular weight excluding hydrogens is 356 g/mol. The third-order valence-corrected chi connectivity index (χ3v) is 5.62. The summed E-state index contributed by atoms with van der Waals surface area (Å²) < 4.78 is 7.17. The summed E-state index contributed by atoms with van der Waals surface area (Å²) in [5.41, 5.74) is 0. The average Bonchev–Trinajstić information content (AvgIpc) is 3.46. The van der Waals surface area contributed by atoms with Gasteiger partial charge in [0.25, 0.3) is 0 Å². The zero-order valence-corrected chi connectivity index (χ0v) is 16.1. The van der Waals surface area contributed by atoms with Gasteiger partial charge in [-0.1, -0.05) is 19.0 Å². The van der Waals surface area contributed by atoms with Crippen LogP contribution in [0.2, 0.25) is 0 Å². The minimum absolute atomic E-state index is 0.295. The minimum Gasteiger partial charge on any atom is -0.356 e. The van der Waals surface area contributed by atoms with Crippen LogP contribution in [0, 0.1) is 11.8 Å². The standard InChI is InChI=1S/C19H24N8O/c1-13(2)19-23-18(28-24-19)11-25-7-14-9-26(10-15(14)8-25)16-6-17(21-12-20-16)27-5-3-4-22-27/h3-6,12-15H,7-11H2,1-2H3. The number of hydrogen-bond acceptors (Lipinski definition) is 8. The molecule has 5 rings (SSSR count). The Morgan fingerprint density at radius 1 is 1.11 bits per heavy atom. The van der Waals surface area contributed by atoms with Crippen LogP contribution in [0.15, 0.2) is 35.4 Å². The SMILES string of the molecule is CC(C)c1noc(CN2CC3CN(c4cc(-n5cccn5)ncn4)CC3C2)n1. The molecule has 146 valence electrons. The van der Waals surface area contributed by atoms with Gasteiger partial charge >= 0.3 is 0 Å². The summed E-state index contributed by atoms with van der Waals surface area (Å²) in [6.45, 7) is 9.03. The fourth-order valence-corrected chi connectivity index (χ4v) is 4.20. The lowest BCUT2D eigenvalue weighted by molar-refractivity contribution is 0.254. The van der Waals surface area contributed by atoms with Crippen molar-refractivity contribution in [1.82, 2.24) is 34.8 Å². The van der Waals surface area contributed by atoms with Gasteiger partial charge in [0.05, 0.1) is 6.54 Å². The zero-order valence-electron chi connectivity index (χ0n) is 16.1. The number of fused-ring (bicyclic) bond motifs is 1. The van der Waals surface area contributed by atoms with E-state index in [4.69, 9.17) is 4.52 Å². The minimum atomic E-state index is 0.295. The molecule has 5 heterocycles. The summed E-state index contributed by atoms with van der Waals surface area (Å²) in [6.07, 6.45) is 5.27. The van der Waals surface area contributed by atoms with Crippen LogP contribution in [-0.2, 0) is 6.54 Å². The van der Waals surface area contributed by atoms with Crippen molar-refractivity contribution < 1.29 is 4.52 Å². The van der Waals surface area contributed by atoms with Gasteiger partial charge in [0.15, 0.2) is 11.6 Å². The van der Waals surface area contributed by atoms with Gasteiger partial charge < -0.3 is 9.42 Å². The van der Waals surface area contributed by atoms with E-state index in [-0.39, 0.29) is 0 Å². The molecule has 2 aliphatic rings. The maximum atomic E-state index is 5.41. The van der Waals surface area contributed by atoms with Crippen LogP contribution in [-0.4, -0.2) is 61.0 Å². The van der Waals surface area contributed by atoms with Crippen molar-refractivity contribution in [3.63, 3.8) is 0 Å². The molecule has 0 saturated carbocycles. The van der Waals surface area contributed by atoms with Crippen molar-refractivity contribution in [2.45, 2.75) is 26.3 Å². The van der Waals surface area contributed by atoms with Crippen LogP contribution in [0.25, 0.3) is 5.82 Å². The summed E-state index contributed by atoms with van der Waals surface area (Å²) in [4.78, 5) is 18.1. The molecule has 28 heavy (non-hydrogen) atoms. The van der Waals surface area contributed by atoms with Gasteiger partial charge in [-0.05, 0) is 17.9 Å². The zero-order chi connectivity index (χ0) is 19.1. The van der Waals surface area contributed by atoms with E-state index >= 15 is 0 Å².